The second kappa shape index (κ2) is 5.00. The van der Waals surface area contributed by atoms with E-state index in [4.69, 9.17) is 6.13 Å². The van der Waals surface area contributed by atoms with Crippen molar-refractivity contribution in [3.8, 4) is 0 Å². The molecule has 96 valence electrons. The van der Waals surface area contributed by atoms with Crippen molar-refractivity contribution in [2.24, 2.45) is 0 Å². The number of carbonyl (C=O) groups is 2. The SMILES string of the molecule is O=C(OI1OC(=O)c2ccccc21)c1ccccc1. The molecule has 5 heteroatoms. The third-order valence-electron chi connectivity index (χ3n) is 2.55. The van der Waals surface area contributed by atoms with Gasteiger partial charge in [-0.05, 0) is 0 Å². The van der Waals surface area contributed by atoms with Crippen LogP contribution >= 0.6 is 20.6 Å². The summed E-state index contributed by atoms with van der Waals surface area (Å²) in [4.78, 5) is 23.6. The molecular formula is C14H9IO4. The summed E-state index contributed by atoms with van der Waals surface area (Å²) in [6, 6.07) is 15.7. The van der Waals surface area contributed by atoms with E-state index in [9.17, 15) is 9.59 Å². The maximum absolute atomic E-state index is 11.9. The van der Waals surface area contributed by atoms with Crippen LogP contribution in [0.1, 0.15) is 20.7 Å². The van der Waals surface area contributed by atoms with Gasteiger partial charge in [-0.2, -0.15) is 0 Å². The molecule has 0 aromatic heterocycles. The molecule has 0 spiro atoms. The van der Waals surface area contributed by atoms with Gasteiger partial charge in [-0.3, -0.25) is 0 Å². The standard InChI is InChI=1S/C14H9IO4/c16-13(10-6-2-1-3-7-10)18-15-12-9-5-4-8-11(12)14(17)19-15/h1-9H. The van der Waals surface area contributed by atoms with E-state index >= 15 is 0 Å². The van der Waals surface area contributed by atoms with Crippen LogP contribution in [0.5, 0.6) is 0 Å². The van der Waals surface area contributed by atoms with Gasteiger partial charge in [0.05, 0.1) is 0 Å². The van der Waals surface area contributed by atoms with Crippen molar-refractivity contribution >= 4 is 32.6 Å². The van der Waals surface area contributed by atoms with Crippen molar-refractivity contribution in [2.75, 3.05) is 0 Å². The van der Waals surface area contributed by atoms with E-state index in [-0.39, 0.29) is 0 Å². The van der Waals surface area contributed by atoms with E-state index in [0.29, 0.717) is 11.1 Å². The van der Waals surface area contributed by atoms with Crippen molar-refractivity contribution in [3.05, 3.63) is 69.3 Å². The first-order valence-corrected chi connectivity index (χ1v) is 8.39. The molecule has 3 rings (SSSR count). The molecule has 0 amide bonds. The molecule has 0 bridgehead atoms. The molecule has 0 aliphatic carbocycles. The first-order valence-electron chi connectivity index (χ1n) is 5.55. The van der Waals surface area contributed by atoms with E-state index in [2.05, 4.69) is 0 Å². The fourth-order valence-corrected chi connectivity index (χ4v) is 4.81. The summed E-state index contributed by atoms with van der Waals surface area (Å²) >= 11 is -2.66. The van der Waals surface area contributed by atoms with Crippen LogP contribution in [-0.2, 0) is 6.13 Å². The predicted octanol–water partition coefficient (Wildman–Crippen LogP) is 3.22. The van der Waals surface area contributed by atoms with Crippen LogP contribution in [0, 0.1) is 3.57 Å². The fourth-order valence-electron chi connectivity index (χ4n) is 1.65. The maximum atomic E-state index is 11.9. The Bertz CT molecular complexity index is 639. The summed E-state index contributed by atoms with van der Waals surface area (Å²) < 4.78 is 11.3. The zero-order chi connectivity index (χ0) is 13.2. The Morgan fingerprint density at radius 1 is 1.00 bits per heavy atom. The number of halogens is 1. The molecule has 19 heavy (non-hydrogen) atoms. The Labute approximate surface area is 117 Å². The van der Waals surface area contributed by atoms with Crippen LogP contribution < -0.4 is 0 Å². The minimum atomic E-state index is -2.66. The zero-order valence-electron chi connectivity index (χ0n) is 9.71. The van der Waals surface area contributed by atoms with Crippen molar-refractivity contribution < 1.29 is 15.7 Å². The first kappa shape index (κ1) is 12.2. The monoisotopic (exact) mass is 368 g/mol. The van der Waals surface area contributed by atoms with Crippen molar-refractivity contribution in [2.45, 2.75) is 0 Å². The van der Waals surface area contributed by atoms with Crippen LogP contribution in [0.4, 0.5) is 0 Å². The van der Waals surface area contributed by atoms with Gasteiger partial charge in [0.2, 0.25) is 0 Å². The van der Waals surface area contributed by atoms with Gasteiger partial charge >= 0.3 is 118 Å². The van der Waals surface area contributed by atoms with Crippen LogP contribution in [0.25, 0.3) is 0 Å². The summed E-state index contributed by atoms with van der Waals surface area (Å²) in [6.07, 6.45) is 0. The second-order valence-corrected chi connectivity index (χ2v) is 7.08. The van der Waals surface area contributed by atoms with E-state index in [0.717, 1.165) is 3.57 Å². The molecule has 0 saturated carbocycles. The molecule has 2 aromatic rings. The van der Waals surface area contributed by atoms with E-state index < -0.39 is 32.6 Å². The summed E-state index contributed by atoms with van der Waals surface area (Å²) in [5, 5.41) is 0. The van der Waals surface area contributed by atoms with Gasteiger partial charge in [-0.1, -0.05) is 0 Å². The third-order valence-corrected chi connectivity index (χ3v) is 6.04. The minimum absolute atomic E-state index is 0.401. The molecule has 0 fully saturated rings. The Hall–Kier alpha value is -1.89. The molecule has 1 aliphatic rings. The van der Waals surface area contributed by atoms with Crippen molar-refractivity contribution in [1.82, 2.24) is 0 Å². The fraction of sp³-hybridized carbons (Fsp3) is 0. The molecule has 1 aliphatic heterocycles. The molecule has 2 aromatic carbocycles. The van der Waals surface area contributed by atoms with Crippen LogP contribution in [0.15, 0.2) is 54.6 Å². The van der Waals surface area contributed by atoms with Gasteiger partial charge in [0.1, 0.15) is 0 Å². The van der Waals surface area contributed by atoms with Crippen LogP contribution in [0.3, 0.4) is 0 Å². The Morgan fingerprint density at radius 3 is 2.47 bits per heavy atom. The van der Waals surface area contributed by atoms with Gasteiger partial charge in [-0.25, -0.2) is 0 Å². The summed E-state index contributed by atoms with van der Waals surface area (Å²) in [5.74, 6) is -0.850. The molecule has 1 heterocycles. The van der Waals surface area contributed by atoms with Crippen LogP contribution in [-0.4, -0.2) is 11.9 Å². The number of benzene rings is 2. The molecule has 0 atom stereocenters. The number of hydrogen-bond donors (Lipinski definition) is 0. The topological polar surface area (TPSA) is 52.6 Å². The third kappa shape index (κ3) is 2.33. The first-order chi connectivity index (χ1) is 9.25. The van der Waals surface area contributed by atoms with E-state index in [1.54, 1.807) is 42.5 Å². The number of fused-ring (bicyclic) bond motifs is 1. The van der Waals surface area contributed by atoms with Crippen molar-refractivity contribution in [3.63, 3.8) is 0 Å². The molecular weight excluding hydrogens is 359 g/mol. The van der Waals surface area contributed by atoms with E-state index in [1.807, 2.05) is 12.1 Å². The van der Waals surface area contributed by atoms with Crippen LogP contribution in [0.2, 0.25) is 0 Å². The molecule has 0 saturated heterocycles. The normalized spacial score (nSPS) is 14.7. The zero-order valence-corrected chi connectivity index (χ0v) is 11.9. The summed E-state index contributed by atoms with van der Waals surface area (Å²) in [6.45, 7) is 0. The number of rotatable bonds is 2. The van der Waals surface area contributed by atoms with Gasteiger partial charge < -0.3 is 0 Å². The Morgan fingerprint density at radius 2 is 1.68 bits per heavy atom. The molecule has 0 N–H and O–H groups in total. The second-order valence-electron chi connectivity index (χ2n) is 3.79. The van der Waals surface area contributed by atoms with Gasteiger partial charge in [0, 0.05) is 0 Å². The van der Waals surface area contributed by atoms with E-state index in [1.165, 1.54) is 0 Å². The number of carbonyl (C=O) groups excluding carboxylic acids is 2. The summed E-state index contributed by atoms with van der Waals surface area (Å²) in [7, 11) is 0. The Kier molecular flexibility index (Phi) is 3.20. The average molecular weight is 368 g/mol. The number of hydrogen-bond acceptors (Lipinski definition) is 4. The van der Waals surface area contributed by atoms with Gasteiger partial charge in [0.25, 0.3) is 0 Å². The average Bonchev–Trinajstić information content (AvgIpc) is 2.77. The molecule has 0 radical (unpaired) electrons. The predicted molar refractivity (Wildman–Crippen MR) is 76.4 cm³/mol. The molecule has 0 unspecified atom stereocenters. The summed E-state index contributed by atoms with van der Waals surface area (Å²) in [5.41, 5.74) is 0.966. The quantitative estimate of drug-likeness (QED) is 0.764. The Balaban J connectivity index is 1.83. The van der Waals surface area contributed by atoms with Gasteiger partial charge in [0.15, 0.2) is 0 Å². The van der Waals surface area contributed by atoms with Gasteiger partial charge in [-0.15, -0.1) is 0 Å². The molecule has 4 nitrogen and oxygen atoms in total. The van der Waals surface area contributed by atoms with Crippen molar-refractivity contribution in [1.29, 1.82) is 0 Å².